The van der Waals surface area contributed by atoms with Gasteiger partial charge in [0.1, 0.15) is 11.3 Å². The quantitative estimate of drug-likeness (QED) is 0.743. The maximum absolute atomic E-state index is 10.3. The number of benzene rings is 1. The second-order valence-electron chi connectivity index (χ2n) is 1.82. The molecule has 2 radical (unpaired) electrons. The zero-order valence-electron chi connectivity index (χ0n) is 5.72. The smallest absolute Gasteiger partial charge is 0.339 e. The summed E-state index contributed by atoms with van der Waals surface area (Å²) in [6.45, 7) is 0. The molecule has 1 aromatic rings. The Balaban J connectivity index is 0. The van der Waals surface area contributed by atoms with Gasteiger partial charge in [0.25, 0.3) is 0 Å². The molecule has 0 unspecified atom stereocenters. The Morgan fingerprint density at radius 1 is 1.17 bits per heavy atom. The molecule has 0 atom stereocenters. The van der Waals surface area contributed by atoms with E-state index in [-0.39, 0.29) is 56.1 Å². The minimum absolute atomic E-state index is 0. The monoisotopic (exact) mass is 352 g/mol. The van der Waals surface area contributed by atoms with Gasteiger partial charge in [-0.2, -0.15) is 0 Å². The fourth-order valence-corrected chi connectivity index (χ4v) is 0.654. The molecule has 74 valence electrons. The standard InChI is InChI=1S/C7H6O3.2Ag/c8-6-4-2-1-3-5(6)7(9)10;;/h1-4,8H,(H,9,10);;. The summed E-state index contributed by atoms with van der Waals surface area (Å²) in [5.74, 6) is -1.31. The molecule has 2 N–H and O–H groups in total. The summed E-state index contributed by atoms with van der Waals surface area (Å²) in [6.07, 6.45) is 0. The van der Waals surface area contributed by atoms with Crippen LogP contribution in [0.5, 0.6) is 5.75 Å². The van der Waals surface area contributed by atoms with Gasteiger partial charge in [-0.3, -0.25) is 0 Å². The normalized spacial score (nSPS) is 7.67. The van der Waals surface area contributed by atoms with E-state index in [1.54, 1.807) is 12.1 Å². The van der Waals surface area contributed by atoms with Crippen molar-refractivity contribution in [3.63, 3.8) is 0 Å². The number of hydrogen-bond donors (Lipinski definition) is 2. The van der Waals surface area contributed by atoms with Gasteiger partial charge in [0, 0.05) is 44.8 Å². The number of phenols is 1. The predicted molar refractivity (Wildman–Crippen MR) is 35.1 cm³/mol. The summed E-state index contributed by atoms with van der Waals surface area (Å²) in [6, 6.07) is 5.81. The number of rotatable bonds is 1. The van der Waals surface area contributed by atoms with Gasteiger partial charge in [-0.15, -0.1) is 0 Å². The summed E-state index contributed by atoms with van der Waals surface area (Å²) in [7, 11) is 0. The molecule has 0 aliphatic carbocycles. The van der Waals surface area contributed by atoms with Gasteiger partial charge in [-0.05, 0) is 12.1 Å². The molecule has 0 saturated carbocycles. The van der Waals surface area contributed by atoms with Gasteiger partial charge in [0.2, 0.25) is 0 Å². The summed E-state index contributed by atoms with van der Waals surface area (Å²) >= 11 is 0. The first kappa shape index (κ1) is 14.5. The topological polar surface area (TPSA) is 57.5 Å². The Morgan fingerprint density at radius 3 is 2.00 bits per heavy atom. The molecule has 12 heavy (non-hydrogen) atoms. The number of carbonyl (C=O) groups is 1. The molecule has 0 spiro atoms. The third-order valence-electron chi connectivity index (χ3n) is 1.13. The van der Waals surface area contributed by atoms with Gasteiger partial charge in [-0.1, -0.05) is 12.1 Å². The second-order valence-corrected chi connectivity index (χ2v) is 1.82. The van der Waals surface area contributed by atoms with Crippen molar-refractivity contribution in [1.29, 1.82) is 0 Å². The van der Waals surface area contributed by atoms with Gasteiger partial charge >= 0.3 is 5.97 Å². The fraction of sp³-hybridized carbons (Fsp3) is 0. The van der Waals surface area contributed by atoms with E-state index in [9.17, 15) is 4.79 Å². The summed E-state index contributed by atoms with van der Waals surface area (Å²) in [4.78, 5) is 10.3. The SMILES string of the molecule is O=C(O)c1ccccc1O.[Ag].[Ag]. The molecule has 3 nitrogen and oxygen atoms in total. The van der Waals surface area contributed by atoms with Crippen molar-refractivity contribution in [2.45, 2.75) is 0 Å². The Bertz CT molecular complexity index is 263. The number of hydrogen-bond acceptors (Lipinski definition) is 2. The third-order valence-corrected chi connectivity index (χ3v) is 1.13. The molecular weight excluding hydrogens is 348 g/mol. The van der Waals surface area contributed by atoms with Crippen molar-refractivity contribution in [3.05, 3.63) is 29.8 Å². The van der Waals surface area contributed by atoms with Crippen molar-refractivity contribution in [2.24, 2.45) is 0 Å². The average molecular weight is 354 g/mol. The molecular formula is C7H6Ag2O3. The molecule has 0 bridgehead atoms. The van der Waals surface area contributed by atoms with Crippen molar-refractivity contribution in [3.8, 4) is 5.75 Å². The number of para-hydroxylation sites is 1. The van der Waals surface area contributed by atoms with Gasteiger partial charge in [0.15, 0.2) is 0 Å². The van der Waals surface area contributed by atoms with Crippen LogP contribution in [0.2, 0.25) is 0 Å². The third kappa shape index (κ3) is 3.58. The molecule has 1 rings (SSSR count). The maximum Gasteiger partial charge on any atom is 0.339 e. The van der Waals surface area contributed by atoms with Crippen LogP contribution < -0.4 is 0 Å². The molecule has 5 heteroatoms. The number of aromatic carboxylic acids is 1. The van der Waals surface area contributed by atoms with Crippen LogP contribution in [0.1, 0.15) is 10.4 Å². The predicted octanol–water partition coefficient (Wildman–Crippen LogP) is 1.09. The Hall–Kier alpha value is -0.0295. The van der Waals surface area contributed by atoms with Crippen LogP contribution in [0.25, 0.3) is 0 Å². The Labute approximate surface area is 101 Å². The van der Waals surface area contributed by atoms with Crippen LogP contribution in [0.3, 0.4) is 0 Å². The summed E-state index contributed by atoms with van der Waals surface area (Å²) in [5.41, 5.74) is -0.0671. The van der Waals surface area contributed by atoms with Gasteiger partial charge in [0.05, 0.1) is 0 Å². The largest absolute Gasteiger partial charge is 0.507 e. The molecule has 0 aliphatic heterocycles. The zero-order valence-corrected chi connectivity index (χ0v) is 8.68. The van der Waals surface area contributed by atoms with Crippen molar-refractivity contribution in [1.82, 2.24) is 0 Å². The molecule has 0 saturated heterocycles. The minimum Gasteiger partial charge on any atom is -0.507 e. The van der Waals surface area contributed by atoms with Crippen LogP contribution in [0, 0.1) is 0 Å². The van der Waals surface area contributed by atoms with Crippen molar-refractivity contribution < 1.29 is 59.8 Å². The van der Waals surface area contributed by atoms with Crippen molar-refractivity contribution in [2.75, 3.05) is 0 Å². The maximum atomic E-state index is 10.3. The van der Waals surface area contributed by atoms with E-state index in [0.717, 1.165) is 0 Å². The number of carboxylic acids is 1. The fourth-order valence-electron chi connectivity index (χ4n) is 0.654. The second kappa shape index (κ2) is 6.48. The molecule has 0 aliphatic rings. The van der Waals surface area contributed by atoms with E-state index in [4.69, 9.17) is 10.2 Å². The van der Waals surface area contributed by atoms with Crippen LogP contribution in [0.15, 0.2) is 24.3 Å². The van der Waals surface area contributed by atoms with Crippen LogP contribution in [-0.2, 0) is 44.8 Å². The van der Waals surface area contributed by atoms with E-state index >= 15 is 0 Å². The minimum atomic E-state index is -1.11. The van der Waals surface area contributed by atoms with E-state index in [1.807, 2.05) is 0 Å². The molecule has 0 amide bonds. The van der Waals surface area contributed by atoms with Crippen LogP contribution >= 0.6 is 0 Å². The first-order chi connectivity index (χ1) is 4.72. The van der Waals surface area contributed by atoms with Crippen LogP contribution in [-0.4, -0.2) is 16.2 Å². The zero-order chi connectivity index (χ0) is 7.56. The molecule has 0 aromatic heterocycles. The first-order valence-electron chi connectivity index (χ1n) is 2.73. The number of aromatic hydroxyl groups is 1. The molecule has 0 heterocycles. The Kier molecular flexibility index (Phi) is 7.83. The summed E-state index contributed by atoms with van der Waals surface area (Å²) in [5, 5.41) is 17.3. The van der Waals surface area contributed by atoms with E-state index < -0.39 is 5.97 Å². The van der Waals surface area contributed by atoms with Gasteiger partial charge < -0.3 is 10.2 Å². The average Bonchev–Trinajstić information content (AvgIpc) is 1.88. The van der Waals surface area contributed by atoms with Crippen molar-refractivity contribution >= 4 is 5.97 Å². The van der Waals surface area contributed by atoms with Crippen LogP contribution in [0.4, 0.5) is 0 Å². The first-order valence-corrected chi connectivity index (χ1v) is 2.73. The molecule has 1 aromatic carbocycles. The Morgan fingerprint density at radius 2 is 1.67 bits per heavy atom. The van der Waals surface area contributed by atoms with E-state index in [1.165, 1.54) is 12.1 Å². The number of carboxylic acid groups (broad SMARTS) is 1. The van der Waals surface area contributed by atoms with E-state index in [2.05, 4.69) is 0 Å². The molecule has 0 fully saturated rings. The van der Waals surface area contributed by atoms with E-state index in [0.29, 0.717) is 0 Å². The summed E-state index contributed by atoms with van der Waals surface area (Å²) < 4.78 is 0. The van der Waals surface area contributed by atoms with Gasteiger partial charge in [-0.25, -0.2) is 4.79 Å².